The van der Waals surface area contributed by atoms with Crippen molar-refractivity contribution in [2.75, 3.05) is 18.0 Å². The summed E-state index contributed by atoms with van der Waals surface area (Å²) in [6, 6.07) is 3.94. The second kappa shape index (κ2) is 6.00. The molecule has 110 valence electrons. The van der Waals surface area contributed by atoms with Crippen LogP contribution in [-0.4, -0.2) is 30.0 Å². The highest BCUT2D eigenvalue weighted by Gasteiger charge is 2.27. The fraction of sp³-hybridized carbons (Fsp3) is 0.600. The van der Waals surface area contributed by atoms with E-state index in [0.717, 1.165) is 31.7 Å². The molecule has 1 aliphatic heterocycles. The zero-order valence-corrected chi connectivity index (χ0v) is 13.1. The van der Waals surface area contributed by atoms with Crippen LogP contribution < -0.4 is 10.2 Å². The number of nitrogens with one attached hydrogen (secondary N) is 1. The van der Waals surface area contributed by atoms with E-state index in [9.17, 15) is 4.79 Å². The summed E-state index contributed by atoms with van der Waals surface area (Å²) >= 11 is 6.16. The van der Waals surface area contributed by atoms with Gasteiger partial charge in [0, 0.05) is 30.7 Å². The van der Waals surface area contributed by atoms with E-state index in [1.54, 1.807) is 6.20 Å². The first-order chi connectivity index (χ1) is 9.38. The van der Waals surface area contributed by atoms with Gasteiger partial charge in [-0.2, -0.15) is 0 Å². The largest absolute Gasteiger partial charge is 0.355 e. The van der Waals surface area contributed by atoms with Crippen LogP contribution in [0.25, 0.3) is 0 Å². The van der Waals surface area contributed by atoms with Gasteiger partial charge in [0.25, 0.3) is 0 Å². The molecule has 0 aliphatic carbocycles. The van der Waals surface area contributed by atoms with Gasteiger partial charge in [0.15, 0.2) is 0 Å². The zero-order chi connectivity index (χ0) is 14.8. The van der Waals surface area contributed by atoms with Crippen molar-refractivity contribution in [1.82, 2.24) is 10.3 Å². The lowest BCUT2D eigenvalue weighted by atomic mass is 9.94. The van der Waals surface area contributed by atoms with Crippen molar-refractivity contribution in [3.8, 4) is 0 Å². The summed E-state index contributed by atoms with van der Waals surface area (Å²) in [5, 5.41) is 3.81. The number of nitrogens with zero attached hydrogens (tertiary/aromatic N) is 2. The SMILES string of the molecule is CC(C)(C)C(=O)NC1CCN(c2ncccc2Cl)CC1. The van der Waals surface area contributed by atoms with Crippen LogP contribution in [0.5, 0.6) is 0 Å². The van der Waals surface area contributed by atoms with Gasteiger partial charge < -0.3 is 10.2 Å². The highest BCUT2D eigenvalue weighted by atomic mass is 35.5. The second-order valence-corrected chi connectivity index (χ2v) is 6.70. The fourth-order valence-electron chi connectivity index (χ4n) is 2.25. The number of amides is 1. The Balaban J connectivity index is 1.90. The molecule has 0 bridgehead atoms. The first kappa shape index (κ1) is 15.1. The number of carbonyl (C=O) groups excluding carboxylic acids is 1. The number of hydrogen-bond donors (Lipinski definition) is 1. The van der Waals surface area contributed by atoms with E-state index in [4.69, 9.17) is 11.6 Å². The lowest BCUT2D eigenvalue weighted by molar-refractivity contribution is -0.129. The van der Waals surface area contributed by atoms with E-state index < -0.39 is 0 Å². The first-order valence-corrected chi connectivity index (χ1v) is 7.42. The molecule has 0 aromatic carbocycles. The number of piperidine rings is 1. The average Bonchev–Trinajstić information content (AvgIpc) is 2.39. The number of carbonyl (C=O) groups is 1. The number of aromatic nitrogens is 1. The number of anilines is 1. The summed E-state index contributed by atoms with van der Waals surface area (Å²) in [4.78, 5) is 18.5. The molecule has 1 fully saturated rings. The number of hydrogen-bond acceptors (Lipinski definition) is 3. The Hall–Kier alpha value is -1.29. The molecule has 2 heterocycles. The lowest BCUT2D eigenvalue weighted by Crippen LogP contribution is -2.48. The Labute approximate surface area is 125 Å². The van der Waals surface area contributed by atoms with Gasteiger partial charge in [-0.25, -0.2) is 4.98 Å². The molecule has 2 rings (SSSR count). The van der Waals surface area contributed by atoms with Gasteiger partial charge in [0.2, 0.25) is 5.91 Å². The molecule has 1 amide bonds. The van der Waals surface area contributed by atoms with Gasteiger partial charge in [-0.05, 0) is 25.0 Å². The molecule has 0 atom stereocenters. The average molecular weight is 296 g/mol. The maximum atomic E-state index is 12.0. The van der Waals surface area contributed by atoms with Crippen molar-refractivity contribution < 1.29 is 4.79 Å². The van der Waals surface area contributed by atoms with Crippen molar-refractivity contribution in [2.24, 2.45) is 5.41 Å². The minimum atomic E-state index is -0.332. The Kier molecular flexibility index (Phi) is 4.53. The van der Waals surface area contributed by atoms with Crippen LogP contribution in [0.3, 0.4) is 0 Å². The van der Waals surface area contributed by atoms with Crippen LogP contribution in [0.4, 0.5) is 5.82 Å². The number of pyridine rings is 1. The summed E-state index contributed by atoms with van der Waals surface area (Å²) in [6.45, 7) is 7.54. The van der Waals surface area contributed by atoms with Gasteiger partial charge in [0.1, 0.15) is 5.82 Å². The fourth-order valence-corrected chi connectivity index (χ4v) is 2.49. The smallest absolute Gasteiger partial charge is 0.225 e. The summed E-state index contributed by atoms with van der Waals surface area (Å²) in [5.41, 5.74) is -0.332. The highest BCUT2D eigenvalue weighted by molar-refractivity contribution is 6.32. The highest BCUT2D eigenvalue weighted by Crippen LogP contribution is 2.25. The molecule has 0 saturated carbocycles. The van der Waals surface area contributed by atoms with Crippen molar-refractivity contribution in [3.05, 3.63) is 23.4 Å². The first-order valence-electron chi connectivity index (χ1n) is 7.04. The van der Waals surface area contributed by atoms with Crippen LogP contribution >= 0.6 is 11.6 Å². The van der Waals surface area contributed by atoms with Gasteiger partial charge in [0.05, 0.1) is 5.02 Å². The molecule has 0 radical (unpaired) electrons. The molecule has 1 saturated heterocycles. The third kappa shape index (κ3) is 3.63. The molecular weight excluding hydrogens is 274 g/mol. The Bertz CT molecular complexity index is 476. The van der Waals surface area contributed by atoms with Gasteiger partial charge in [-0.3, -0.25) is 4.79 Å². The molecule has 0 unspecified atom stereocenters. The van der Waals surface area contributed by atoms with Crippen molar-refractivity contribution >= 4 is 23.3 Å². The maximum Gasteiger partial charge on any atom is 0.225 e. The molecule has 1 aromatic rings. The van der Waals surface area contributed by atoms with E-state index in [2.05, 4.69) is 15.2 Å². The van der Waals surface area contributed by atoms with Crippen molar-refractivity contribution in [2.45, 2.75) is 39.7 Å². The molecule has 0 spiro atoms. The van der Waals surface area contributed by atoms with Gasteiger partial charge in [-0.15, -0.1) is 0 Å². The van der Waals surface area contributed by atoms with Crippen molar-refractivity contribution in [1.29, 1.82) is 0 Å². The molecule has 20 heavy (non-hydrogen) atoms. The topological polar surface area (TPSA) is 45.2 Å². The van der Waals surface area contributed by atoms with Crippen LogP contribution in [0.15, 0.2) is 18.3 Å². The molecule has 1 N–H and O–H groups in total. The quantitative estimate of drug-likeness (QED) is 0.912. The normalized spacial score (nSPS) is 17.1. The predicted octanol–water partition coefficient (Wildman–Crippen LogP) is 2.87. The van der Waals surface area contributed by atoms with Crippen LogP contribution in [0.2, 0.25) is 5.02 Å². The van der Waals surface area contributed by atoms with E-state index >= 15 is 0 Å². The van der Waals surface area contributed by atoms with Crippen LogP contribution in [0, 0.1) is 5.41 Å². The van der Waals surface area contributed by atoms with Crippen molar-refractivity contribution in [3.63, 3.8) is 0 Å². The molecular formula is C15H22ClN3O. The zero-order valence-electron chi connectivity index (χ0n) is 12.3. The lowest BCUT2D eigenvalue weighted by Gasteiger charge is -2.34. The van der Waals surface area contributed by atoms with E-state index in [1.807, 2.05) is 32.9 Å². The van der Waals surface area contributed by atoms with E-state index in [1.165, 1.54) is 0 Å². The minimum absolute atomic E-state index is 0.117. The monoisotopic (exact) mass is 295 g/mol. The summed E-state index contributed by atoms with van der Waals surface area (Å²) in [7, 11) is 0. The minimum Gasteiger partial charge on any atom is -0.355 e. The standard InChI is InChI=1S/C15H22ClN3O/c1-15(2,3)14(20)18-11-6-9-19(10-7-11)13-12(16)5-4-8-17-13/h4-5,8,11H,6-7,9-10H2,1-3H3,(H,18,20). The van der Waals surface area contributed by atoms with E-state index in [0.29, 0.717) is 5.02 Å². The van der Waals surface area contributed by atoms with Crippen LogP contribution in [-0.2, 0) is 4.79 Å². The third-order valence-corrected chi connectivity index (χ3v) is 3.84. The number of rotatable bonds is 2. The Morgan fingerprint density at radius 1 is 1.40 bits per heavy atom. The molecule has 4 nitrogen and oxygen atoms in total. The van der Waals surface area contributed by atoms with Crippen LogP contribution in [0.1, 0.15) is 33.6 Å². The molecule has 5 heteroatoms. The summed E-state index contributed by atoms with van der Waals surface area (Å²) in [6.07, 6.45) is 3.61. The van der Waals surface area contributed by atoms with Gasteiger partial charge >= 0.3 is 0 Å². The summed E-state index contributed by atoms with van der Waals surface area (Å²) < 4.78 is 0. The third-order valence-electron chi connectivity index (χ3n) is 3.55. The number of halogens is 1. The molecule has 1 aromatic heterocycles. The molecule has 1 aliphatic rings. The summed E-state index contributed by atoms with van der Waals surface area (Å²) in [5.74, 6) is 0.960. The Morgan fingerprint density at radius 3 is 2.60 bits per heavy atom. The Morgan fingerprint density at radius 2 is 2.05 bits per heavy atom. The predicted molar refractivity (Wildman–Crippen MR) is 82.1 cm³/mol. The second-order valence-electron chi connectivity index (χ2n) is 6.29. The maximum absolute atomic E-state index is 12.0. The van der Waals surface area contributed by atoms with E-state index in [-0.39, 0.29) is 17.4 Å². The van der Waals surface area contributed by atoms with Gasteiger partial charge in [-0.1, -0.05) is 32.4 Å².